The molecule has 0 radical (unpaired) electrons. The van der Waals surface area contributed by atoms with Crippen molar-refractivity contribution in [3.8, 4) is 0 Å². The maximum Gasteiger partial charge on any atom is 0.0540 e. The van der Waals surface area contributed by atoms with Gasteiger partial charge in [0.25, 0.3) is 0 Å². The van der Waals surface area contributed by atoms with E-state index in [0.29, 0.717) is 0 Å². The fraction of sp³-hybridized carbons (Fsp3) is 0.600. The molecule has 1 nitrogen and oxygen atoms in total. The molecule has 2 fully saturated rings. The van der Waals surface area contributed by atoms with Gasteiger partial charge in [-0.25, -0.2) is 0 Å². The van der Waals surface area contributed by atoms with Crippen LogP contribution in [0.1, 0.15) is 31.2 Å². The first-order valence-electron chi connectivity index (χ1n) is 6.76. The number of rotatable bonds is 1. The fourth-order valence-corrected chi connectivity index (χ4v) is 4.33. The third-order valence-electron chi connectivity index (χ3n) is 4.48. The first-order valence-corrected chi connectivity index (χ1v) is 7.55. The zero-order valence-electron chi connectivity index (χ0n) is 10.5. The molecule has 0 spiro atoms. The molecular formula is C15H20BrN. The summed E-state index contributed by atoms with van der Waals surface area (Å²) in [6.45, 7) is 4.77. The van der Waals surface area contributed by atoms with Gasteiger partial charge >= 0.3 is 0 Å². The summed E-state index contributed by atoms with van der Waals surface area (Å²) < 4.78 is 1.26. The van der Waals surface area contributed by atoms with E-state index >= 15 is 0 Å². The topological polar surface area (TPSA) is 3.24 Å². The number of hydrogen-bond acceptors (Lipinski definition) is 1. The molecule has 1 heterocycles. The van der Waals surface area contributed by atoms with E-state index in [4.69, 9.17) is 0 Å². The Hall–Kier alpha value is -0.500. The van der Waals surface area contributed by atoms with Crippen LogP contribution in [0.4, 0.5) is 5.69 Å². The van der Waals surface area contributed by atoms with Crippen LogP contribution in [0.5, 0.6) is 0 Å². The molecule has 2 unspecified atom stereocenters. The Bertz CT molecular complexity index is 381. The molecule has 2 aliphatic rings. The molecule has 1 saturated carbocycles. The summed E-state index contributed by atoms with van der Waals surface area (Å²) in [7, 11) is 0. The highest BCUT2D eigenvalue weighted by atomic mass is 79.9. The Kier molecular flexibility index (Phi) is 3.16. The molecule has 1 aromatic rings. The summed E-state index contributed by atoms with van der Waals surface area (Å²) in [6.07, 6.45) is 5.79. The van der Waals surface area contributed by atoms with E-state index in [2.05, 4.69) is 46.0 Å². The lowest BCUT2D eigenvalue weighted by atomic mass is 9.82. The van der Waals surface area contributed by atoms with Crippen molar-refractivity contribution in [3.05, 3.63) is 28.2 Å². The molecule has 2 atom stereocenters. The van der Waals surface area contributed by atoms with Gasteiger partial charge in [0, 0.05) is 17.6 Å². The summed E-state index contributed by atoms with van der Waals surface area (Å²) in [5, 5.41) is 0. The second kappa shape index (κ2) is 4.64. The Morgan fingerprint density at radius 3 is 2.35 bits per heavy atom. The molecule has 1 aliphatic carbocycles. The van der Waals surface area contributed by atoms with Gasteiger partial charge in [-0.2, -0.15) is 0 Å². The SMILES string of the molecule is Cc1cccc(Br)c1N1CC2CCCCC2C1. The minimum Gasteiger partial charge on any atom is -0.370 e. The van der Waals surface area contributed by atoms with Crippen LogP contribution in [0.3, 0.4) is 0 Å². The molecule has 0 bridgehead atoms. The predicted octanol–water partition coefficient (Wildman–Crippen LogP) is 4.38. The molecule has 0 aromatic heterocycles. The van der Waals surface area contributed by atoms with Gasteiger partial charge in [-0.3, -0.25) is 0 Å². The maximum absolute atomic E-state index is 3.71. The number of aryl methyl sites for hydroxylation is 1. The number of fused-ring (bicyclic) bond motifs is 1. The Morgan fingerprint density at radius 1 is 1.12 bits per heavy atom. The highest BCUT2D eigenvalue weighted by molar-refractivity contribution is 9.10. The van der Waals surface area contributed by atoms with E-state index in [1.807, 2.05) is 0 Å². The summed E-state index contributed by atoms with van der Waals surface area (Å²) in [5.74, 6) is 1.91. The monoisotopic (exact) mass is 293 g/mol. The summed E-state index contributed by atoms with van der Waals surface area (Å²) in [4.78, 5) is 2.61. The molecule has 2 heteroatoms. The predicted molar refractivity (Wildman–Crippen MR) is 76.5 cm³/mol. The molecule has 17 heavy (non-hydrogen) atoms. The third kappa shape index (κ3) is 2.12. The quantitative estimate of drug-likeness (QED) is 0.742. The molecule has 92 valence electrons. The number of benzene rings is 1. The highest BCUT2D eigenvalue weighted by Gasteiger charge is 2.35. The van der Waals surface area contributed by atoms with Gasteiger partial charge in [0.1, 0.15) is 0 Å². The fourth-order valence-electron chi connectivity index (χ4n) is 3.61. The van der Waals surface area contributed by atoms with Crippen molar-refractivity contribution in [1.29, 1.82) is 0 Å². The average molecular weight is 294 g/mol. The van der Waals surface area contributed by atoms with Crippen molar-refractivity contribution in [3.63, 3.8) is 0 Å². The number of nitrogens with zero attached hydrogens (tertiary/aromatic N) is 1. The van der Waals surface area contributed by atoms with Crippen molar-refractivity contribution in [1.82, 2.24) is 0 Å². The van der Waals surface area contributed by atoms with Crippen LogP contribution < -0.4 is 4.90 Å². The normalized spacial score (nSPS) is 28.2. The molecular weight excluding hydrogens is 274 g/mol. The Balaban J connectivity index is 1.86. The van der Waals surface area contributed by atoms with E-state index in [0.717, 1.165) is 11.8 Å². The van der Waals surface area contributed by atoms with Gasteiger partial charge in [0.05, 0.1) is 5.69 Å². The van der Waals surface area contributed by atoms with E-state index in [1.54, 1.807) is 0 Å². The zero-order valence-corrected chi connectivity index (χ0v) is 12.0. The summed E-state index contributed by atoms with van der Waals surface area (Å²) in [6, 6.07) is 6.53. The number of anilines is 1. The largest absolute Gasteiger partial charge is 0.370 e. The second-order valence-corrected chi connectivity index (χ2v) is 6.47. The Labute approximate surface area is 112 Å². The van der Waals surface area contributed by atoms with E-state index in [-0.39, 0.29) is 0 Å². The van der Waals surface area contributed by atoms with Crippen LogP contribution >= 0.6 is 15.9 Å². The van der Waals surface area contributed by atoms with Gasteiger partial charge < -0.3 is 4.90 Å². The van der Waals surface area contributed by atoms with Crippen LogP contribution in [-0.2, 0) is 0 Å². The molecule has 0 amide bonds. The lowest BCUT2D eigenvalue weighted by Gasteiger charge is -2.22. The standard InChI is InChI=1S/C15H20BrN/c1-11-5-4-8-14(16)15(11)17-9-12-6-2-3-7-13(12)10-17/h4-5,8,12-13H,2-3,6-7,9-10H2,1H3. The summed E-state index contributed by atoms with van der Waals surface area (Å²) in [5.41, 5.74) is 2.83. The second-order valence-electron chi connectivity index (χ2n) is 5.61. The average Bonchev–Trinajstić information content (AvgIpc) is 2.71. The van der Waals surface area contributed by atoms with Crippen LogP contribution in [0.2, 0.25) is 0 Å². The van der Waals surface area contributed by atoms with Crippen molar-refractivity contribution in [2.75, 3.05) is 18.0 Å². The molecule has 0 N–H and O–H groups in total. The maximum atomic E-state index is 3.71. The molecule has 1 aliphatic heterocycles. The van der Waals surface area contributed by atoms with Gasteiger partial charge in [-0.15, -0.1) is 0 Å². The highest BCUT2D eigenvalue weighted by Crippen LogP contribution is 2.40. The molecule has 1 aromatic carbocycles. The smallest absolute Gasteiger partial charge is 0.0540 e. The van der Waals surface area contributed by atoms with Crippen molar-refractivity contribution in [2.45, 2.75) is 32.6 Å². The zero-order chi connectivity index (χ0) is 11.8. The lowest BCUT2D eigenvalue weighted by molar-refractivity contribution is 0.299. The minimum absolute atomic E-state index is 0.954. The van der Waals surface area contributed by atoms with Crippen molar-refractivity contribution in [2.24, 2.45) is 11.8 Å². The molecule has 1 saturated heterocycles. The minimum atomic E-state index is 0.954. The van der Waals surface area contributed by atoms with E-state index in [9.17, 15) is 0 Å². The molecule has 3 rings (SSSR count). The van der Waals surface area contributed by atoms with Crippen molar-refractivity contribution >= 4 is 21.6 Å². The van der Waals surface area contributed by atoms with Crippen molar-refractivity contribution < 1.29 is 0 Å². The van der Waals surface area contributed by atoms with Crippen LogP contribution in [0.15, 0.2) is 22.7 Å². The lowest BCUT2D eigenvalue weighted by Crippen LogP contribution is -2.21. The number of halogens is 1. The first-order chi connectivity index (χ1) is 8.25. The van der Waals surface area contributed by atoms with E-state index < -0.39 is 0 Å². The van der Waals surface area contributed by atoms with Gasteiger partial charge in [-0.1, -0.05) is 25.0 Å². The van der Waals surface area contributed by atoms with Crippen LogP contribution in [0.25, 0.3) is 0 Å². The number of para-hydroxylation sites is 1. The van der Waals surface area contributed by atoms with Gasteiger partial charge in [0.15, 0.2) is 0 Å². The van der Waals surface area contributed by atoms with E-state index in [1.165, 1.54) is 54.5 Å². The summed E-state index contributed by atoms with van der Waals surface area (Å²) >= 11 is 3.71. The van der Waals surface area contributed by atoms with Crippen LogP contribution in [-0.4, -0.2) is 13.1 Å². The first kappa shape index (κ1) is 11.6. The van der Waals surface area contributed by atoms with Gasteiger partial charge in [-0.05, 0) is 59.2 Å². The van der Waals surface area contributed by atoms with Crippen LogP contribution in [0, 0.1) is 18.8 Å². The number of hydrogen-bond donors (Lipinski definition) is 0. The van der Waals surface area contributed by atoms with Gasteiger partial charge in [0.2, 0.25) is 0 Å². The Morgan fingerprint density at radius 2 is 1.76 bits per heavy atom. The third-order valence-corrected chi connectivity index (χ3v) is 5.12.